The number of nitrogens with one attached hydrogen (secondary N) is 1. The van der Waals surface area contributed by atoms with Gasteiger partial charge >= 0.3 is 0 Å². The molecule has 0 fully saturated rings. The first-order valence-electron chi connectivity index (χ1n) is 8.06. The fraction of sp³-hybridized carbons (Fsp3) is 0.211. The Bertz CT molecular complexity index is 1040. The van der Waals surface area contributed by atoms with E-state index in [1.165, 1.54) is 16.4 Å². The topological polar surface area (TPSA) is 63.1 Å². The summed E-state index contributed by atoms with van der Waals surface area (Å²) < 4.78 is 1.33. The molecule has 1 aromatic carbocycles. The number of benzene rings is 1. The highest BCUT2D eigenvalue weighted by molar-refractivity contribution is 5.81. The van der Waals surface area contributed by atoms with E-state index in [1.807, 2.05) is 18.2 Å². The summed E-state index contributed by atoms with van der Waals surface area (Å²) in [7, 11) is 0. The van der Waals surface area contributed by atoms with Crippen molar-refractivity contribution in [1.29, 1.82) is 0 Å². The summed E-state index contributed by atoms with van der Waals surface area (Å²) in [6.07, 6.45) is 7.90. The van der Waals surface area contributed by atoms with Crippen LogP contribution < -0.4 is 5.56 Å². The molecule has 1 aliphatic rings. The zero-order chi connectivity index (χ0) is 16.7. The first-order chi connectivity index (χ1) is 11.6. The summed E-state index contributed by atoms with van der Waals surface area (Å²) in [5.74, 6) is 0.925. The fourth-order valence-electron chi connectivity index (χ4n) is 2.93. The van der Waals surface area contributed by atoms with E-state index >= 15 is 0 Å². The maximum absolute atomic E-state index is 12.9. The van der Waals surface area contributed by atoms with Crippen LogP contribution >= 0.6 is 0 Å². The SMILES string of the molecule is CC(C)c1cccc(Cc2c(C3=CC=C3)[nH]c3ncnn3c2=O)c1. The van der Waals surface area contributed by atoms with E-state index in [2.05, 4.69) is 53.2 Å². The van der Waals surface area contributed by atoms with Crippen LogP contribution in [-0.4, -0.2) is 19.6 Å². The van der Waals surface area contributed by atoms with Crippen molar-refractivity contribution in [3.63, 3.8) is 0 Å². The van der Waals surface area contributed by atoms with Gasteiger partial charge in [0.1, 0.15) is 6.33 Å². The van der Waals surface area contributed by atoms with Gasteiger partial charge in [-0.3, -0.25) is 4.79 Å². The van der Waals surface area contributed by atoms with Gasteiger partial charge in [-0.25, -0.2) is 0 Å². The van der Waals surface area contributed by atoms with Crippen LogP contribution in [0.15, 0.2) is 53.6 Å². The van der Waals surface area contributed by atoms with Gasteiger partial charge in [-0.1, -0.05) is 56.3 Å². The molecule has 0 saturated heterocycles. The predicted octanol–water partition coefficient (Wildman–Crippen LogP) is 3.09. The van der Waals surface area contributed by atoms with E-state index in [0.717, 1.165) is 16.8 Å². The Hall–Kier alpha value is -2.95. The third-order valence-electron chi connectivity index (χ3n) is 4.38. The van der Waals surface area contributed by atoms with Crippen molar-refractivity contribution in [3.05, 3.63) is 81.6 Å². The zero-order valence-electron chi connectivity index (χ0n) is 13.7. The summed E-state index contributed by atoms with van der Waals surface area (Å²) in [4.78, 5) is 20.2. The molecule has 0 bridgehead atoms. The minimum Gasteiger partial charge on any atom is -0.323 e. The molecule has 2 aromatic heterocycles. The van der Waals surface area contributed by atoms with Gasteiger partial charge in [0.05, 0.1) is 5.69 Å². The van der Waals surface area contributed by atoms with Crippen LogP contribution in [0.5, 0.6) is 0 Å². The normalized spacial score (nSPS) is 13.4. The molecule has 120 valence electrons. The van der Waals surface area contributed by atoms with Crippen LogP contribution in [0.2, 0.25) is 0 Å². The number of hydrogen-bond acceptors (Lipinski definition) is 3. The quantitative estimate of drug-likeness (QED) is 0.804. The second-order valence-corrected chi connectivity index (χ2v) is 6.34. The Morgan fingerprint density at radius 1 is 1.29 bits per heavy atom. The number of aromatic amines is 1. The predicted molar refractivity (Wildman–Crippen MR) is 94.1 cm³/mol. The van der Waals surface area contributed by atoms with Gasteiger partial charge in [-0.15, -0.1) is 0 Å². The average molecular weight is 318 g/mol. The van der Waals surface area contributed by atoms with Gasteiger partial charge in [0, 0.05) is 12.0 Å². The molecule has 3 aromatic rings. The molecule has 0 atom stereocenters. The maximum atomic E-state index is 12.9. The molecular formula is C19H18N4O. The second-order valence-electron chi connectivity index (χ2n) is 6.34. The molecule has 2 heterocycles. The van der Waals surface area contributed by atoms with Crippen LogP contribution in [-0.2, 0) is 6.42 Å². The largest absolute Gasteiger partial charge is 0.323 e. The second kappa shape index (κ2) is 5.60. The highest BCUT2D eigenvalue weighted by Crippen LogP contribution is 2.24. The fourth-order valence-corrected chi connectivity index (χ4v) is 2.93. The molecule has 1 N–H and O–H groups in total. The van der Waals surface area contributed by atoms with Crippen molar-refractivity contribution in [2.45, 2.75) is 26.2 Å². The monoisotopic (exact) mass is 318 g/mol. The van der Waals surface area contributed by atoms with Crippen molar-refractivity contribution in [1.82, 2.24) is 19.6 Å². The molecule has 0 unspecified atom stereocenters. The average Bonchev–Trinajstić information content (AvgIpc) is 2.98. The van der Waals surface area contributed by atoms with Gasteiger partial charge in [0.25, 0.3) is 5.56 Å². The van der Waals surface area contributed by atoms with Crippen molar-refractivity contribution in [2.75, 3.05) is 0 Å². The Kier molecular flexibility index (Phi) is 3.41. The summed E-state index contributed by atoms with van der Waals surface area (Å²) in [5.41, 5.74) is 4.84. The smallest absolute Gasteiger partial charge is 0.279 e. The lowest BCUT2D eigenvalue weighted by molar-refractivity contribution is 0.855. The van der Waals surface area contributed by atoms with Crippen LogP contribution in [0.1, 0.15) is 42.1 Å². The number of rotatable bonds is 4. The molecular weight excluding hydrogens is 300 g/mol. The molecule has 5 heteroatoms. The molecule has 0 amide bonds. The summed E-state index contributed by atoms with van der Waals surface area (Å²) in [6.45, 7) is 4.34. The van der Waals surface area contributed by atoms with E-state index in [4.69, 9.17) is 0 Å². The molecule has 24 heavy (non-hydrogen) atoms. The number of H-pyrrole nitrogens is 1. The molecule has 0 radical (unpaired) electrons. The number of aromatic nitrogens is 4. The van der Waals surface area contributed by atoms with Gasteiger partial charge in [-0.05, 0) is 22.6 Å². The molecule has 0 aliphatic heterocycles. The molecule has 0 saturated carbocycles. The Balaban J connectivity index is 1.84. The van der Waals surface area contributed by atoms with E-state index < -0.39 is 0 Å². The lowest BCUT2D eigenvalue weighted by Gasteiger charge is -2.14. The van der Waals surface area contributed by atoms with Gasteiger partial charge in [0.2, 0.25) is 5.78 Å². The number of nitrogens with zero attached hydrogens (tertiary/aromatic N) is 3. The Morgan fingerprint density at radius 2 is 2.12 bits per heavy atom. The van der Waals surface area contributed by atoms with Crippen molar-refractivity contribution >= 4 is 11.4 Å². The molecule has 5 nitrogen and oxygen atoms in total. The Labute approximate surface area is 139 Å². The summed E-state index contributed by atoms with van der Waals surface area (Å²) in [6, 6.07) is 8.40. The van der Waals surface area contributed by atoms with Gasteiger partial charge in [0.15, 0.2) is 0 Å². The highest BCUT2D eigenvalue weighted by Gasteiger charge is 2.17. The highest BCUT2D eigenvalue weighted by atomic mass is 16.1. The first-order valence-corrected chi connectivity index (χ1v) is 8.06. The molecule has 4 rings (SSSR count). The summed E-state index contributed by atoms with van der Waals surface area (Å²) >= 11 is 0. The lowest BCUT2D eigenvalue weighted by atomic mass is 9.94. The minimum absolute atomic E-state index is 0.118. The van der Waals surface area contributed by atoms with E-state index in [0.29, 0.717) is 23.7 Å². The van der Waals surface area contributed by atoms with Crippen LogP contribution in [0.3, 0.4) is 0 Å². The van der Waals surface area contributed by atoms with Crippen LogP contribution in [0.25, 0.3) is 11.4 Å². The lowest BCUT2D eigenvalue weighted by Crippen LogP contribution is -2.23. The third-order valence-corrected chi connectivity index (χ3v) is 4.38. The Morgan fingerprint density at radius 3 is 2.83 bits per heavy atom. The standard InChI is InChI=1S/C19H18N4O/c1-12(2)15-8-3-5-13(9-15)10-16-17(14-6-4-7-14)22-19-20-11-21-23(19)18(16)24/h3-9,11-12H,10H2,1-2H3,(H,20,21,22). The number of hydrogen-bond donors (Lipinski definition) is 1. The molecule has 1 aliphatic carbocycles. The van der Waals surface area contributed by atoms with E-state index in [1.54, 1.807) is 0 Å². The van der Waals surface area contributed by atoms with Gasteiger partial charge < -0.3 is 4.98 Å². The number of allylic oxidation sites excluding steroid dienone is 4. The van der Waals surface area contributed by atoms with Crippen LogP contribution in [0.4, 0.5) is 0 Å². The maximum Gasteiger partial charge on any atom is 0.279 e. The van der Waals surface area contributed by atoms with Crippen molar-refractivity contribution in [3.8, 4) is 0 Å². The van der Waals surface area contributed by atoms with Crippen molar-refractivity contribution < 1.29 is 0 Å². The third kappa shape index (κ3) is 2.38. The van der Waals surface area contributed by atoms with Gasteiger partial charge in [-0.2, -0.15) is 14.6 Å². The first kappa shape index (κ1) is 14.6. The zero-order valence-corrected chi connectivity index (χ0v) is 13.7. The molecule has 0 spiro atoms. The van der Waals surface area contributed by atoms with E-state index in [9.17, 15) is 4.79 Å². The van der Waals surface area contributed by atoms with E-state index in [-0.39, 0.29) is 5.56 Å². The van der Waals surface area contributed by atoms with Crippen LogP contribution in [0, 0.1) is 0 Å². The van der Waals surface area contributed by atoms with Crippen molar-refractivity contribution in [2.24, 2.45) is 0 Å². The number of fused-ring (bicyclic) bond motifs is 1. The minimum atomic E-state index is -0.118. The summed E-state index contributed by atoms with van der Waals surface area (Å²) in [5, 5.41) is 4.03.